The molecule has 17 heteroatoms. The van der Waals surface area contributed by atoms with Crippen LogP contribution in [0.5, 0.6) is 11.5 Å². The number of hydrogen-bond donors (Lipinski definition) is 9. The van der Waals surface area contributed by atoms with E-state index in [0.29, 0.717) is 31.2 Å². The van der Waals surface area contributed by atoms with Gasteiger partial charge in [0, 0.05) is 20.0 Å². The maximum Gasteiger partial charge on any atom is 0.326 e. The molecule has 0 bridgehead atoms. The summed E-state index contributed by atoms with van der Waals surface area (Å²) in [6.45, 7) is 5.23. The molecule has 1 aliphatic heterocycles. The summed E-state index contributed by atoms with van der Waals surface area (Å²) in [5.41, 5.74) is 2.24. The highest BCUT2D eigenvalue weighted by molar-refractivity contribution is 5.96. The third kappa shape index (κ3) is 15.3. The van der Waals surface area contributed by atoms with Crippen LogP contribution < -0.4 is 31.9 Å². The van der Waals surface area contributed by atoms with Crippen LogP contribution >= 0.6 is 0 Å². The Morgan fingerprint density at radius 3 is 1.89 bits per heavy atom. The molecule has 0 saturated carbocycles. The van der Waals surface area contributed by atoms with Crippen LogP contribution in [0.3, 0.4) is 0 Å². The smallest absolute Gasteiger partial charge is 0.326 e. The van der Waals surface area contributed by atoms with E-state index in [0.717, 1.165) is 11.1 Å². The molecule has 0 unspecified atom stereocenters. The fraction of sp³-hybridized carbons (Fsp3) is 0.457. The Morgan fingerprint density at radius 1 is 0.746 bits per heavy atom. The number of phenols is 2. The lowest BCUT2D eigenvalue weighted by Crippen LogP contribution is -2.60. The van der Waals surface area contributed by atoms with Crippen LogP contribution in [0.25, 0.3) is 0 Å². The molecule has 17 nitrogen and oxygen atoms in total. The molecule has 7 amide bonds. The van der Waals surface area contributed by atoms with E-state index >= 15 is 0 Å². The Labute approximate surface area is 367 Å². The molecule has 0 radical (unpaired) electrons. The van der Waals surface area contributed by atoms with Gasteiger partial charge in [0.1, 0.15) is 47.8 Å². The maximum atomic E-state index is 14.3. The molecule has 1 heterocycles. The highest BCUT2D eigenvalue weighted by Gasteiger charge is 2.36. The van der Waals surface area contributed by atoms with E-state index in [1.807, 2.05) is 6.92 Å². The lowest BCUT2D eigenvalue weighted by molar-refractivity contribution is -0.142. The van der Waals surface area contributed by atoms with Crippen molar-refractivity contribution in [1.82, 2.24) is 36.8 Å². The number of nitrogens with one attached hydrogen (secondary N) is 6. The van der Waals surface area contributed by atoms with Crippen LogP contribution in [0.15, 0.2) is 78.9 Å². The monoisotopic (exact) mass is 871 g/mol. The van der Waals surface area contributed by atoms with Crippen molar-refractivity contribution in [3.05, 3.63) is 95.6 Å². The van der Waals surface area contributed by atoms with Gasteiger partial charge in [0.05, 0.1) is 0 Å². The predicted octanol–water partition coefficient (Wildman–Crippen LogP) is 2.67. The van der Waals surface area contributed by atoms with Crippen LogP contribution in [0, 0.1) is 5.92 Å². The van der Waals surface area contributed by atoms with Crippen LogP contribution in [0.1, 0.15) is 76.0 Å². The summed E-state index contributed by atoms with van der Waals surface area (Å²) < 4.78 is 0. The molecule has 1 saturated heterocycles. The number of carbonyl (C=O) groups excluding carboxylic acids is 6. The van der Waals surface area contributed by atoms with Gasteiger partial charge in [-0.2, -0.15) is 0 Å². The van der Waals surface area contributed by atoms with E-state index < -0.39 is 83.7 Å². The number of hydrogen-bond acceptors (Lipinski definition) is 9. The van der Waals surface area contributed by atoms with E-state index in [-0.39, 0.29) is 50.1 Å². The third-order valence-corrected chi connectivity index (χ3v) is 11.4. The molecule has 1 fully saturated rings. The lowest BCUT2D eigenvalue weighted by Gasteiger charge is -2.32. The van der Waals surface area contributed by atoms with E-state index in [4.69, 9.17) is 0 Å². The summed E-state index contributed by atoms with van der Waals surface area (Å²) in [4.78, 5) is 96.8. The second-order valence-corrected chi connectivity index (χ2v) is 16.1. The van der Waals surface area contributed by atoms with Gasteiger partial charge in [-0.25, -0.2) is 9.59 Å². The van der Waals surface area contributed by atoms with Gasteiger partial charge in [0.25, 0.3) is 0 Å². The van der Waals surface area contributed by atoms with Gasteiger partial charge in [0.2, 0.25) is 29.5 Å². The summed E-state index contributed by atoms with van der Waals surface area (Å²) in [5.74, 6) is -4.70. The fourth-order valence-corrected chi connectivity index (χ4v) is 7.08. The van der Waals surface area contributed by atoms with Gasteiger partial charge < -0.3 is 52.1 Å². The summed E-state index contributed by atoms with van der Waals surface area (Å²) >= 11 is 0. The first-order valence-corrected chi connectivity index (χ1v) is 21.4. The highest BCUT2D eigenvalue weighted by atomic mass is 16.4. The first-order valence-electron chi connectivity index (χ1n) is 21.4. The van der Waals surface area contributed by atoms with Crippen molar-refractivity contribution in [3.8, 4) is 11.5 Å². The Balaban J connectivity index is 1.64. The number of likely N-dealkylation sites (N-methyl/N-ethyl adjacent to an activating group) is 1. The minimum atomic E-state index is -1.33. The van der Waals surface area contributed by atoms with Gasteiger partial charge in [0.15, 0.2) is 0 Å². The van der Waals surface area contributed by atoms with Crippen molar-refractivity contribution < 1.29 is 48.9 Å². The standard InChI is InChI=1S/C46H61N7O10/c1-5-28(2)39-43(59)49-37(25-19-31-16-22-34(55)23-17-31)44(60)53(4)29(3)40(56)48-36(24-18-30-14-20-33(54)21-15-30)41(57)47-26-10-9-13-35(42(58)52-39)50-46(63)51-38(45(61)62)27-32-11-7-6-8-12-32/h6-8,11-12,14-17,20-23,28-29,35-39,54-55H,5,9-10,13,18-19,24-27H2,1-4H3,(H,47,57)(H,48,56)(H,49,59)(H,52,58)(H,61,62)(H2,50,51,63)/t28-,29-,35-,36+,37+,38-,39-/m1/s1. The number of aromatic hydroxyl groups is 2. The Kier molecular flexibility index (Phi) is 18.8. The molecule has 3 aromatic rings. The van der Waals surface area contributed by atoms with Crippen molar-refractivity contribution in [3.63, 3.8) is 0 Å². The Morgan fingerprint density at radius 2 is 1.32 bits per heavy atom. The second kappa shape index (κ2) is 24.1. The van der Waals surface area contributed by atoms with E-state index in [1.54, 1.807) is 61.5 Å². The van der Waals surface area contributed by atoms with Crippen molar-refractivity contribution in [1.29, 1.82) is 0 Å². The average molecular weight is 872 g/mol. The molecule has 0 spiro atoms. The number of urea groups is 1. The minimum Gasteiger partial charge on any atom is -0.508 e. The number of aryl methyl sites for hydroxylation is 2. The molecule has 3 aromatic carbocycles. The molecular formula is C46H61N7O10. The van der Waals surface area contributed by atoms with E-state index in [1.165, 1.54) is 43.1 Å². The largest absolute Gasteiger partial charge is 0.508 e. The van der Waals surface area contributed by atoms with Gasteiger partial charge >= 0.3 is 12.0 Å². The highest BCUT2D eigenvalue weighted by Crippen LogP contribution is 2.17. The van der Waals surface area contributed by atoms with E-state index in [2.05, 4.69) is 31.9 Å². The Hall–Kier alpha value is -6.65. The average Bonchev–Trinajstić information content (AvgIpc) is 3.27. The lowest BCUT2D eigenvalue weighted by atomic mass is 9.96. The molecule has 4 rings (SSSR count). The summed E-state index contributed by atoms with van der Waals surface area (Å²) in [5, 5.41) is 45.8. The number of carboxylic acids is 1. The van der Waals surface area contributed by atoms with Gasteiger partial charge in [-0.3, -0.25) is 24.0 Å². The Bertz CT molecular complexity index is 2020. The van der Waals surface area contributed by atoms with Crippen LogP contribution in [0.4, 0.5) is 4.79 Å². The van der Waals surface area contributed by atoms with Gasteiger partial charge in [-0.05, 0) is 98.7 Å². The van der Waals surface area contributed by atoms with Gasteiger partial charge in [-0.15, -0.1) is 0 Å². The van der Waals surface area contributed by atoms with Crippen LogP contribution in [-0.2, 0) is 48.0 Å². The number of nitrogens with zero attached hydrogens (tertiary/aromatic N) is 1. The molecule has 0 aliphatic carbocycles. The fourth-order valence-electron chi connectivity index (χ4n) is 7.08. The van der Waals surface area contributed by atoms with Crippen molar-refractivity contribution >= 4 is 41.5 Å². The molecule has 0 aromatic heterocycles. The number of rotatable bonds is 13. The summed E-state index contributed by atoms with van der Waals surface area (Å²) in [7, 11) is 1.42. The second-order valence-electron chi connectivity index (χ2n) is 16.1. The SMILES string of the molecule is CC[C@@H](C)[C@H]1NC(=O)[C@H](NC(=O)N[C@H](Cc2ccccc2)C(=O)O)CCCCNC(=O)[C@H](CCc2ccc(O)cc2)NC(=O)[C@@H](C)N(C)C(=O)[C@H](CCc2ccc(O)cc2)NC1=O. The summed E-state index contributed by atoms with van der Waals surface area (Å²) in [6, 6.07) is 13.6. The number of benzene rings is 3. The molecule has 340 valence electrons. The van der Waals surface area contributed by atoms with Gasteiger partial charge in [-0.1, -0.05) is 74.9 Å². The van der Waals surface area contributed by atoms with Crippen molar-refractivity contribution in [2.24, 2.45) is 5.92 Å². The first-order chi connectivity index (χ1) is 30.1. The maximum absolute atomic E-state index is 14.3. The van der Waals surface area contributed by atoms with Crippen LogP contribution in [0.2, 0.25) is 0 Å². The van der Waals surface area contributed by atoms with Crippen LogP contribution in [-0.4, -0.2) is 112 Å². The third-order valence-electron chi connectivity index (χ3n) is 11.4. The number of amides is 7. The number of carboxylic acid groups (broad SMARTS) is 1. The zero-order chi connectivity index (χ0) is 46.1. The van der Waals surface area contributed by atoms with Crippen molar-refractivity contribution in [2.45, 2.75) is 115 Å². The molecule has 9 N–H and O–H groups in total. The molecule has 1 aliphatic rings. The number of aliphatic carboxylic acids is 1. The quantitative estimate of drug-likeness (QED) is 0.121. The predicted molar refractivity (Wildman–Crippen MR) is 234 cm³/mol. The normalized spacial score (nSPS) is 21.8. The first kappa shape index (κ1) is 49.0. The molecular weight excluding hydrogens is 811 g/mol. The molecule has 63 heavy (non-hydrogen) atoms. The van der Waals surface area contributed by atoms with Crippen molar-refractivity contribution in [2.75, 3.05) is 13.6 Å². The summed E-state index contributed by atoms with van der Waals surface area (Å²) in [6.07, 6.45) is 2.00. The zero-order valence-corrected chi connectivity index (χ0v) is 36.3. The number of phenolic OH excluding ortho intramolecular Hbond substituents is 2. The minimum absolute atomic E-state index is 0.0204. The topological polar surface area (TPSA) is 256 Å². The molecule has 7 atom stereocenters. The number of carbonyl (C=O) groups is 7. The van der Waals surface area contributed by atoms with E-state index in [9.17, 15) is 48.9 Å². The zero-order valence-electron chi connectivity index (χ0n) is 36.3.